The summed E-state index contributed by atoms with van der Waals surface area (Å²) >= 11 is 1.86. The Bertz CT molecular complexity index is 158. The number of hydrogen-bond donors (Lipinski definition) is 0. The fourth-order valence-electron chi connectivity index (χ4n) is 1.03. The Labute approximate surface area is 72.4 Å². The first-order valence-corrected chi connectivity index (χ1v) is 4.94. The van der Waals surface area contributed by atoms with Crippen LogP contribution in [0.1, 0.15) is 13.8 Å². The third-order valence-corrected chi connectivity index (χ3v) is 3.26. The molecule has 2 nitrogen and oxygen atoms in total. The molecular formula is C8H15NOS. The lowest BCUT2D eigenvalue weighted by Crippen LogP contribution is -2.21. The molecule has 1 aliphatic heterocycles. The number of rotatable bonds is 3. The molecule has 0 aliphatic carbocycles. The lowest BCUT2D eigenvalue weighted by molar-refractivity contribution is 0.0966. The first-order valence-electron chi connectivity index (χ1n) is 3.95. The van der Waals surface area contributed by atoms with Gasteiger partial charge in [-0.05, 0) is 6.92 Å². The van der Waals surface area contributed by atoms with Crippen molar-refractivity contribution in [1.29, 1.82) is 0 Å². The molecule has 1 rings (SSSR count). The Kier molecular flexibility index (Phi) is 3.40. The van der Waals surface area contributed by atoms with Crippen LogP contribution in [0.25, 0.3) is 0 Å². The number of methoxy groups -OCH3 is 1. The van der Waals surface area contributed by atoms with Crippen LogP contribution in [0.5, 0.6) is 0 Å². The molecule has 3 heteroatoms. The van der Waals surface area contributed by atoms with E-state index in [1.54, 1.807) is 7.11 Å². The topological polar surface area (TPSA) is 21.6 Å². The zero-order chi connectivity index (χ0) is 8.27. The lowest BCUT2D eigenvalue weighted by Gasteiger charge is -2.17. The maximum Gasteiger partial charge on any atom is 0.0730 e. The van der Waals surface area contributed by atoms with Crippen LogP contribution in [-0.2, 0) is 4.74 Å². The molecule has 0 amide bonds. The van der Waals surface area contributed by atoms with Crippen molar-refractivity contribution in [2.45, 2.75) is 20.0 Å². The van der Waals surface area contributed by atoms with Gasteiger partial charge in [0, 0.05) is 25.3 Å². The minimum atomic E-state index is 0.291. The van der Waals surface area contributed by atoms with E-state index >= 15 is 0 Å². The van der Waals surface area contributed by atoms with Gasteiger partial charge in [-0.1, -0.05) is 6.92 Å². The van der Waals surface area contributed by atoms with Gasteiger partial charge in [0.05, 0.1) is 11.1 Å². The predicted octanol–water partition coefficient (Wildman–Crippen LogP) is 1.80. The summed E-state index contributed by atoms with van der Waals surface area (Å²) in [4.78, 5) is 4.40. The van der Waals surface area contributed by atoms with Crippen molar-refractivity contribution in [1.82, 2.24) is 0 Å². The molecule has 2 unspecified atom stereocenters. The van der Waals surface area contributed by atoms with Crippen molar-refractivity contribution >= 4 is 16.8 Å². The van der Waals surface area contributed by atoms with E-state index in [1.807, 2.05) is 11.8 Å². The van der Waals surface area contributed by atoms with Crippen LogP contribution < -0.4 is 0 Å². The van der Waals surface area contributed by atoms with Gasteiger partial charge in [0.15, 0.2) is 0 Å². The Balaban J connectivity index is 2.45. The molecule has 0 saturated heterocycles. The van der Waals surface area contributed by atoms with Gasteiger partial charge in [0.2, 0.25) is 0 Å². The molecule has 64 valence electrons. The molecule has 0 aromatic heterocycles. The molecule has 0 aromatic carbocycles. The van der Waals surface area contributed by atoms with Gasteiger partial charge in [-0.2, -0.15) is 0 Å². The van der Waals surface area contributed by atoms with E-state index in [1.165, 1.54) is 5.04 Å². The van der Waals surface area contributed by atoms with Crippen LogP contribution in [0.2, 0.25) is 0 Å². The van der Waals surface area contributed by atoms with E-state index in [2.05, 4.69) is 18.8 Å². The molecule has 0 saturated carbocycles. The summed E-state index contributed by atoms with van der Waals surface area (Å²) in [5.41, 5.74) is 0. The first kappa shape index (κ1) is 9.07. The number of thioether (sulfide) groups is 1. The summed E-state index contributed by atoms with van der Waals surface area (Å²) in [6.07, 6.45) is 0.291. The third kappa shape index (κ3) is 2.20. The summed E-state index contributed by atoms with van der Waals surface area (Å²) in [6.45, 7) is 5.25. The second kappa shape index (κ2) is 4.12. The number of hydrogen-bond acceptors (Lipinski definition) is 3. The minimum Gasteiger partial charge on any atom is -0.381 e. The second-order valence-electron chi connectivity index (χ2n) is 2.80. The minimum absolute atomic E-state index is 0.291. The zero-order valence-electron chi connectivity index (χ0n) is 7.33. The summed E-state index contributed by atoms with van der Waals surface area (Å²) in [6, 6.07) is 0. The predicted molar refractivity (Wildman–Crippen MR) is 50.4 cm³/mol. The van der Waals surface area contributed by atoms with Gasteiger partial charge >= 0.3 is 0 Å². The van der Waals surface area contributed by atoms with Crippen molar-refractivity contribution in [3.05, 3.63) is 0 Å². The summed E-state index contributed by atoms with van der Waals surface area (Å²) < 4.78 is 5.23. The summed E-state index contributed by atoms with van der Waals surface area (Å²) in [5, 5.41) is 1.26. The van der Waals surface area contributed by atoms with Gasteiger partial charge in [0.25, 0.3) is 0 Å². The van der Waals surface area contributed by atoms with Gasteiger partial charge in [-0.25, -0.2) is 0 Å². The molecule has 1 aliphatic rings. The Morgan fingerprint density at radius 1 is 1.55 bits per heavy atom. The van der Waals surface area contributed by atoms with E-state index in [4.69, 9.17) is 4.74 Å². The number of aliphatic imine (C=N–C) groups is 1. The highest BCUT2D eigenvalue weighted by Crippen LogP contribution is 2.21. The molecule has 0 aromatic rings. The SMILES string of the molecule is COC(C)C(C)C1=NCCS1. The number of nitrogens with zero attached hydrogens (tertiary/aromatic N) is 1. The highest BCUT2D eigenvalue weighted by atomic mass is 32.2. The Hall–Kier alpha value is -0.0200. The highest BCUT2D eigenvalue weighted by Gasteiger charge is 2.20. The first-order chi connectivity index (χ1) is 5.25. The fourth-order valence-corrected chi connectivity index (χ4v) is 2.06. The van der Waals surface area contributed by atoms with Crippen molar-refractivity contribution in [2.24, 2.45) is 10.9 Å². The largest absolute Gasteiger partial charge is 0.381 e. The molecule has 0 spiro atoms. The molecule has 0 bridgehead atoms. The third-order valence-electron chi connectivity index (χ3n) is 2.07. The molecule has 2 atom stereocenters. The molecule has 0 radical (unpaired) electrons. The van der Waals surface area contributed by atoms with Gasteiger partial charge in [-0.15, -0.1) is 11.8 Å². The molecular weight excluding hydrogens is 158 g/mol. The van der Waals surface area contributed by atoms with Crippen LogP contribution in [0, 0.1) is 5.92 Å². The van der Waals surface area contributed by atoms with Crippen LogP contribution in [0.4, 0.5) is 0 Å². The second-order valence-corrected chi connectivity index (χ2v) is 3.91. The zero-order valence-corrected chi connectivity index (χ0v) is 8.15. The average molecular weight is 173 g/mol. The number of ether oxygens (including phenoxy) is 1. The maximum atomic E-state index is 5.23. The van der Waals surface area contributed by atoms with Gasteiger partial charge < -0.3 is 4.74 Å². The van der Waals surface area contributed by atoms with Crippen molar-refractivity contribution in [3.63, 3.8) is 0 Å². The molecule has 0 fully saturated rings. The highest BCUT2D eigenvalue weighted by molar-refractivity contribution is 8.14. The van der Waals surface area contributed by atoms with Crippen molar-refractivity contribution in [3.8, 4) is 0 Å². The normalized spacial score (nSPS) is 23.0. The Morgan fingerprint density at radius 3 is 2.73 bits per heavy atom. The maximum absolute atomic E-state index is 5.23. The Morgan fingerprint density at radius 2 is 2.27 bits per heavy atom. The lowest BCUT2D eigenvalue weighted by atomic mass is 10.1. The van der Waals surface area contributed by atoms with E-state index in [0.29, 0.717) is 12.0 Å². The van der Waals surface area contributed by atoms with Crippen LogP contribution in [-0.4, -0.2) is 30.6 Å². The average Bonchev–Trinajstić information content (AvgIpc) is 2.53. The van der Waals surface area contributed by atoms with Gasteiger partial charge in [-0.3, -0.25) is 4.99 Å². The molecule has 11 heavy (non-hydrogen) atoms. The quantitative estimate of drug-likeness (QED) is 0.649. The fraction of sp³-hybridized carbons (Fsp3) is 0.875. The van der Waals surface area contributed by atoms with E-state index < -0.39 is 0 Å². The van der Waals surface area contributed by atoms with Crippen molar-refractivity contribution < 1.29 is 4.74 Å². The van der Waals surface area contributed by atoms with Crippen LogP contribution in [0.3, 0.4) is 0 Å². The van der Waals surface area contributed by atoms with Crippen LogP contribution >= 0.6 is 11.8 Å². The van der Waals surface area contributed by atoms with E-state index in [9.17, 15) is 0 Å². The molecule has 0 N–H and O–H groups in total. The smallest absolute Gasteiger partial charge is 0.0730 e. The van der Waals surface area contributed by atoms with E-state index in [0.717, 1.165) is 12.3 Å². The van der Waals surface area contributed by atoms with Crippen LogP contribution in [0.15, 0.2) is 4.99 Å². The summed E-state index contributed by atoms with van der Waals surface area (Å²) in [7, 11) is 1.75. The summed E-state index contributed by atoms with van der Waals surface area (Å²) in [5.74, 6) is 1.61. The van der Waals surface area contributed by atoms with Gasteiger partial charge in [0.1, 0.15) is 0 Å². The van der Waals surface area contributed by atoms with E-state index in [-0.39, 0.29) is 0 Å². The molecule has 1 heterocycles. The monoisotopic (exact) mass is 173 g/mol. The van der Waals surface area contributed by atoms with Crippen molar-refractivity contribution in [2.75, 3.05) is 19.4 Å². The standard InChI is InChI=1S/C8H15NOS/c1-6(7(2)10-3)8-9-4-5-11-8/h6-7H,4-5H2,1-3H3.